The number of rotatable bonds is 2. The number of hydrogen-bond donors (Lipinski definition) is 0. The predicted molar refractivity (Wildman–Crippen MR) is 101 cm³/mol. The molecule has 0 aliphatic heterocycles. The van der Waals surface area contributed by atoms with Gasteiger partial charge in [0.05, 0.1) is 5.69 Å². The van der Waals surface area contributed by atoms with Crippen LogP contribution in [0, 0.1) is 6.92 Å². The Balaban J connectivity index is 1.72. The Kier molecular flexibility index (Phi) is 3.22. The number of nitrogens with zero attached hydrogens (tertiary/aromatic N) is 6. The molecule has 0 aliphatic rings. The molecule has 0 unspecified atom stereocenters. The molecule has 5 rings (SSSR count). The Bertz CT molecular complexity index is 1220. The molecule has 0 spiro atoms. The van der Waals surface area contributed by atoms with Gasteiger partial charge in [-0.25, -0.2) is 4.98 Å². The molecule has 6 nitrogen and oxygen atoms in total. The Morgan fingerprint density at radius 2 is 1.88 bits per heavy atom. The van der Waals surface area contributed by atoms with E-state index in [4.69, 9.17) is 5.10 Å². The van der Waals surface area contributed by atoms with Crippen LogP contribution in [0.4, 0.5) is 0 Å². The van der Waals surface area contributed by atoms with E-state index in [1.807, 2.05) is 60.0 Å². The van der Waals surface area contributed by atoms with Crippen molar-refractivity contribution in [3.05, 3.63) is 58.8 Å². The molecule has 0 amide bonds. The number of fused-ring (bicyclic) bond motifs is 2. The number of aryl methyl sites for hydroxylation is 1. The second-order valence-corrected chi connectivity index (χ2v) is 7.48. The highest BCUT2D eigenvalue weighted by atomic mass is 79.9. The number of hydrogen-bond acceptors (Lipinski definition) is 5. The van der Waals surface area contributed by atoms with Gasteiger partial charge in [-0.1, -0.05) is 45.5 Å². The van der Waals surface area contributed by atoms with Gasteiger partial charge < -0.3 is 0 Å². The fourth-order valence-corrected chi connectivity index (χ4v) is 3.97. The van der Waals surface area contributed by atoms with E-state index in [1.54, 1.807) is 4.52 Å². The molecule has 0 saturated carbocycles. The van der Waals surface area contributed by atoms with Crippen LogP contribution in [0.25, 0.3) is 32.7 Å². The van der Waals surface area contributed by atoms with Gasteiger partial charge >= 0.3 is 0 Å². The third-order valence-corrected chi connectivity index (χ3v) is 5.47. The third-order valence-electron chi connectivity index (χ3n) is 4.00. The molecular formula is C17H11BrN6S. The first-order valence-corrected chi connectivity index (χ1v) is 9.24. The lowest BCUT2D eigenvalue weighted by atomic mass is 10.2. The summed E-state index contributed by atoms with van der Waals surface area (Å²) in [6.07, 6.45) is 1.98. The lowest BCUT2D eigenvalue weighted by Crippen LogP contribution is -1.96. The SMILES string of the molecule is Cc1nc2ccccn2c1-c1nnc2sc(-c3ccc(Br)cc3)nn12. The smallest absolute Gasteiger partial charge is 0.235 e. The maximum Gasteiger partial charge on any atom is 0.235 e. The Morgan fingerprint density at radius 3 is 2.72 bits per heavy atom. The van der Waals surface area contributed by atoms with Gasteiger partial charge in [-0.15, -0.1) is 10.2 Å². The van der Waals surface area contributed by atoms with E-state index >= 15 is 0 Å². The molecular weight excluding hydrogens is 400 g/mol. The second kappa shape index (κ2) is 5.47. The number of aromatic nitrogens is 6. The van der Waals surface area contributed by atoms with Crippen LogP contribution in [0.5, 0.6) is 0 Å². The second-order valence-electron chi connectivity index (χ2n) is 5.61. The molecule has 8 heteroatoms. The zero-order chi connectivity index (χ0) is 17.0. The van der Waals surface area contributed by atoms with E-state index in [1.165, 1.54) is 11.3 Å². The van der Waals surface area contributed by atoms with E-state index in [0.29, 0.717) is 5.82 Å². The van der Waals surface area contributed by atoms with Crippen molar-refractivity contribution in [3.63, 3.8) is 0 Å². The van der Waals surface area contributed by atoms with Gasteiger partial charge in [0, 0.05) is 16.2 Å². The van der Waals surface area contributed by atoms with E-state index in [2.05, 4.69) is 31.1 Å². The van der Waals surface area contributed by atoms with Gasteiger partial charge in [-0.2, -0.15) is 9.61 Å². The zero-order valence-electron chi connectivity index (χ0n) is 13.1. The number of imidazole rings is 1. The molecule has 0 radical (unpaired) electrons. The fraction of sp³-hybridized carbons (Fsp3) is 0.0588. The van der Waals surface area contributed by atoms with Crippen molar-refractivity contribution >= 4 is 37.9 Å². The average Bonchev–Trinajstić information content (AvgIpc) is 3.27. The quantitative estimate of drug-likeness (QED) is 0.436. The standard InChI is InChI=1S/C17H11BrN6S/c1-10-14(23-9-3-2-4-13(23)19-10)15-20-21-17-24(15)22-16(25-17)11-5-7-12(18)8-6-11/h2-9H,1H3. The van der Waals surface area contributed by atoms with Crippen molar-refractivity contribution in [2.24, 2.45) is 0 Å². The highest BCUT2D eigenvalue weighted by Crippen LogP contribution is 2.30. The molecule has 4 heterocycles. The van der Waals surface area contributed by atoms with Crippen LogP contribution in [0.15, 0.2) is 53.1 Å². The monoisotopic (exact) mass is 410 g/mol. The molecule has 4 aromatic heterocycles. The van der Waals surface area contributed by atoms with Crippen molar-refractivity contribution in [2.45, 2.75) is 6.92 Å². The summed E-state index contributed by atoms with van der Waals surface area (Å²) < 4.78 is 4.86. The molecule has 0 atom stereocenters. The number of pyridine rings is 1. The van der Waals surface area contributed by atoms with Crippen LogP contribution >= 0.6 is 27.3 Å². The van der Waals surface area contributed by atoms with Gasteiger partial charge in [0.1, 0.15) is 16.3 Å². The molecule has 5 aromatic rings. The Morgan fingerprint density at radius 1 is 1.04 bits per heavy atom. The summed E-state index contributed by atoms with van der Waals surface area (Å²) in [6, 6.07) is 14.0. The molecule has 1 aromatic carbocycles. The van der Waals surface area contributed by atoms with Crippen LogP contribution in [0.1, 0.15) is 5.69 Å². The lowest BCUT2D eigenvalue weighted by molar-refractivity contribution is 0.954. The van der Waals surface area contributed by atoms with Crippen molar-refractivity contribution < 1.29 is 0 Å². The van der Waals surface area contributed by atoms with E-state index in [0.717, 1.165) is 37.0 Å². The lowest BCUT2D eigenvalue weighted by Gasteiger charge is -1.99. The van der Waals surface area contributed by atoms with Crippen LogP contribution in [0.3, 0.4) is 0 Å². The topological polar surface area (TPSA) is 60.4 Å². The minimum Gasteiger partial charge on any atom is -0.297 e. The Hall–Kier alpha value is -2.58. The van der Waals surface area contributed by atoms with E-state index < -0.39 is 0 Å². The number of benzene rings is 1. The van der Waals surface area contributed by atoms with E-state index in [-0.39, 0.29) is 0 Å². The highest BCUT2D eigenvalue weighted by molar-refractivity contribution is 9.10. The first-order chi connectivity index (χ1) is 12.2. The maximum atomic E-state index is 4.73. The highest BCUT2D eigenvalue weighted by Gasteiger charge is 2.19. The minimum absolute atomic E-state index is 0.700. The molecule has 25 heavy (non-hydrogen) atoms. The van der Waals surface area contributed by atoms with Crippen molar-refractivity contribution in [3.8, 4) is 22.1 Å². The maximum absolute atomic E-state index is 4.73. The molecule has 0 N–H and O–H groups in total. The van der Waals surface area contributed by atoms with Gasteiger partial charge in [0.2, 0.25) is 10.8 Å². The largest absolute Gasteiger partial charge is 0.297 e. The van der Waals surface area contributed by atoms with E-state index in [9.17, 15) is 0 Å². The normalized spacial score (nSPS) is 11.6. The van der Waals surface area contributed by atoms with Crippen LogP contribution in [0.2, 0.25) is 0 Å². The number of halogens is 1. The van der Waals surface area contributed by atoms with Gasteiger partial charge in [-0.3, -0.25) is 4.40 Å². The first kappa shape index (κ1) is 14.7. The third kappa shape index (κ3) is 2.29. The first-order valence-electron chi connectivity index (χ1n) is 7.63. The summed E-state index contributed by atoms with van der Waals surface area (Å²) in [7, 11) is 0. The summed E-state index contributed by atoms with van der Waals surface area (Å²) in [5, 5.41) is 14.3. The average molecular weight is 411 g/mol. The van der Waals surface area contributed by atoms with Crippen LogP contribution in [-0.2, 0) is 0 Å². The van der Waals surface area contributed by atoms with Crippen LogP contribution < -0.4 is 0 Å². The molecule has 0 saturated heterocycles. The summed E-state index contributed by atoms with van der Waals surface area (Å²) in [5.74, 6) is 0.700. The zero-order valence-corrected chi connectivity index (χ0v) is 15.5. The molecule has 0 fully saturated rings. The van der Waals surface area contributed by atoms with Crippen molar-refractivity contribution in [2.75, 3.05) is 0 Å². The molecule has 0 bridgehead atoms. The van der Waals surface area contributed by atoms with Gasteiger partial charge in [0.25, 0.3) is 0 Å². The summed E-state index contributed by atoms with van der Waals surface area (Å²) in [6.45, 7) is 1.98. The molecule has 0 aliphatic carbocycles. The van der Waals surface area contributed by atoms with Crippen LogP contribution in [-0.4, -0.2) is 29.2 Å². The predicted octanol–water partition coefficient (Wildman–Crippen LogP) is 4.24. The van der Waals surface area contributed by atoms with Gasteiger partial charge in [-0.05, 0) is 31.2 Å². The Labute approximate surface area is 154 Å². The van der Waals surface area contributed by atoms with Gasteiger partial charge in [0.15, 0.2) is 0 Å². The molecule has 122 valence electrons. The summed E-state index contributed by atoms with van der Waals surface area (Å²) in [4.78, 5) is 5.37. The van der Waals surface area contributed by atoms with Crippen molar-refractivity contribution in [1.29, 1.82) is 0 Å². The minimum atomic E-state index is 0.700. The summed E-state index contributed by atoms with van der Waals surface area (Å²) in [5.41, 5.74) is 3.75. The van der Waals surface area contributed by atoms with Crippen molar-refractivity contribution in [1.82, 2.24) is 29.2 Å². The summed E-state index contributed by atoms with van der Waals surface area (Å²) >= 11 is 4.98. The fourth-order valence-electron chi connectivity index (χ4n) is 2.86.